The van der Waals surface area contributed by atoms with Crippen LogP contribution in [0.25, 0.3) is 0 Å². The van der Waals surface area contributed by atoms with Crippen LogP contribution in [-0.4, -0.2) is 51.4 Å². The molecule has 1 aromatic carbocycles. The zero-order valence-corrected chi connectivity index (χ0v) is 15.2. The smallest absolute Gasteiger partial charge is 0.249 e. The Bertz CT molecular complexity index is 759. The summed E-state index contributed by atoms with van der Waals surface area (Å²) in [7, 11) is 0. The Morgan fingerprint density at radius 2 is 1.96 bits per heavy atom. The van der Waals surface area contributed by atoms with Crippen molar-refractivity contribution in [1.82, 2.24) is 19.9 Å². The second kappa shape index (κ2) is 8.12. The van der Waals surface area contributed by atoms with E-state index in [0.717, 1.165) is 12.0 Å². The van der Waals surface area contributed by atoms with E-state index in [4.69, 9.17) is 4.52 Å². The highest BCUT2D eigenvalue weighted by Gasteiger charge is 2.32. The minimum atomic E-state index is -0.277. The Morgan fingerprint density at radius 1 is 1.19 bits per heavy atom. The number of hydrogen-bond acceptors (Lipinski definition) is 5. The lowest BCUT2D eigenvalue weighted by molar-refractivity contribution is -0.133. The van der Waals surface area contributed by atoms with E-state index in [1.54, 1.807) is 11.8 Å². The molecule has 2 heterocycles. The molecule has 138 valence electrons. The van der Waals surface area contributed by atoms with E-state index in [1.165, 1.54) is 6.92 Å². The van der Waals surface area contributed by atoms with Crippen LogP contribution in [0.15, 0.2) is 34.9 Å². The molecule has 0 spiro atoms. The first-order valence-corrected chi connectivity index (χ1v) is 8.93. The molecule has 3 rings (SSSR count). The van der Waals surface area contributed by atoms with Crippen LogP contribution < -0.4 is 0 Å². The maximum atomic E-state index is 12.6. The Morgan fingerprint density at radius 3 is 2.62 bits per heavy atom. The number of hydrogen-bond donors (Lipinski definition) is 0. The van der Waals surface area contributed by atoms with Crippen molar-refractivity contribution in [2.45, 2.75) is 39.2 Å². The number of aryl methyl sites for hydroxylation is 2. The molecule has 0 bridgehead atoms. The van der Waals surface area contributed by atoms with E-state index in [2.05, 4.69) is 10.1 Å². The summed E-state index contributed by atoms with van der Waals surface area (Å²) >= 11 is 0. The molecule has 0 aliphatic carbocycles. The van der Waals surface area contributed by atoms with E-state index < -0.39 is 0 Å². The largest absolute Gasteiger partial charge is 0.341 e. The van der Waals surface area contributed by atoms with Gasteiger partial charge in [-0.3, -0.25) is 9.59 Å². The van der Waals surface area contributed by atoms with Gasteiger partial charge in [0.1, 0.15) is 6.04 Å². The molecule has 7 nitrogen and oxygen atoms in total. The normalized spacial score (nSPS) is 17.8. The Labute approximate surface area is 153 Å². The third kappa shape index (κ3) is 4.28. The van der Waals surface area contributed by atoms with Crippen LogP contribution in [0.3, 0.4) is 0 Å². The molecule has 2 amide bonds. The molecule has 1 aliphatic rings. The summed E-state index contributed by atoms with van der Waals surface area (Å²) in [6, 6.07) is 9.71. The highest BCUT2D eigenvalue weighted by atomic mass is 16.5. The minimum absolute atomic E-state index is 0.0514. The zero-order valence-electron chi connectivity index (χ0n) is 15.2. The van der Waals surface area contributed by atoms with Crippen molar-refractivity contribution < 1.29 is 14.1 Å². The van der Waals surface area contributed by atoms with Crippen molar-refractivity contribution in [1.29, 1.82) is 0 Å². The van der Waals surface area contributed by atoms with E-state index >= 15 is 0 Å². The Balaban J connectivity index is 1.64. The number of aromatic nitrogens is 2. The molecule has 0 saturated carbocycles. The summed E-state index contributed by atoms with van der Waals surface area (Å²) in [6.45, 7) is 4.85. The van der Waals surface area contributed by atoms with Crippen molar-refractivity contribution in [3.63, 3.8) is 0 Å². The number of rotatable bonds is 4. The van der Waals surface area contributed by atoms with Gasteiger partial charge in [-0.1, -0.05) is 35.5 Å². The van der Waals surface area contributed by atoms with E-state index in [0.29, 0.717) is 44.2 Å². The molecule has 7 heteroatoms. The summed E-state index contributed by atoms with van der Waals surface area (Å²) in [6.07, 6.45) is 1.78. The molecular weight excluding hydrogens is 332 g/mol. The molecular formula is C19H24N4O3. The molecule has 1 aliphatic heterocycles. The molecule has 2 aromatic rings. The lowest BCUT2D eigenvalue weighted by Crippen LogP contribution is -2.37. The van der Waals surface area contributed by atoms with E-state index in [9.17, 15) is 9.59 Å². The van der Waals surface area contributed by atoms with Crippen LogP contribution in [0.4, 0.5) is 0 Å². The Kier molecular flexibility index (Phi) is 5.65. The number of carbonyl (C=O) groups is 2. The van der Waals surface area contributed by atoms with Crippen molar-refractivity contribution in [3.05, 3.63) is 47.6 Å². The first kappa shape index (κ1) is 18.1. The first-order valence-electron chi connectivity index (χ1n) is 8.93. The summed E-state index contributed by atoms with van der Waals surface area (Å²) in [5.74, 6) is 1.05. The zero-order chi connectivity index (χ0) is 18.5. The second-order valence-corrected chi connectivity index (χ2v) is 6.56. The fourth-order valence-corrected chi connectivity index (χ4v) is 3.32. The predicted octanol–water partition coefficient (Wildman–Crippen LogP) is 2.13. The molecule has 1 fully saturated rings. The maximum absolute atomic E-state index is 12.6. The third-order valence-electron chi connectivity index (χ3n) is 4.72. The predicted molar refractivity (Wildman–Crippen MR) is 95.1 cm³/mol. The molecule has 1 atom stereocenters. The fourth-order valence-electron chi connectivity index (χ4n) is 3.32. The summed E-state index contributed by atoms with van der Waals surface area (Å²) < 4.78 is 5.28. The average Bonchev–Trinajstić information content (AvgIpc) is 2.94. The number of benzene rings is 1. The van der Waals surface area contributed by atoms with Gasteiger partial charge in [-0.15, -0.1) is 0 Å². The van der Waals surface area contributed by atoms with Gasteiger partial charge in [-0.2, -0.15) is 4.98 Å². The van der Waals surface area contributed by atoms with Crippen molar-refractivity contribution in [3.8, 4) is 0 Å². The topological polar surface area (TPSA) is 79.5 Å². The van der Waals surface area contributed by atoms with Gasteiger partial charge in [-0.25, -0.2) is 0 Å². The quantitative estimate of drug-likeness (QED) is 0.838. The highest BCUT2D eigenvalue weighted by molar-refractivity contribution is 5.77. The van der Waals surface area contributed by atoms with Gasteiger partial charge in [0.2, 0.25) is 17.7 Å². The third-order valence-corrected chi connectivity index (χ3v) is 4.72. The first-order chi connectivity index (χ1) is 12.5. The van der Waals surface area contributed by atoms with Crippen LogP contribution in [0.2, 0.25) is 0 Å². The standard InChI is InChI=1S/C19H24N4O3/c1-14-20-19(26-21-14)17-10-11-22(12-13-23(17)15(2)24)18(25)9-8-16-6-4-3-5-7-16/h3-7,17H,8-13H2,1-2H3. The lowest BCUT2D eigenvalue weighted by atomic mass is 10.1. The van der Waals surface area contributed by atoms with Crippen LogP contribution >= 0.6 is 0 Å². The number of carbonyl (C=O) groups excluding carboxylic acids is 2. The maximum Gasteiger partial charge on any atom is 0.249 e. The summed E-state index contributed by atoms with van der Waals surface area (Å²) in [4.78, 5) is 32.5. The van der Waals surface area contributed by atoms with Crippen LogP contribution in [0.1, 0.15) is 43.1 Å². The van der Waals surface area contributed by atoms with E-state index in [1.807, 2.05) is 35.2 Å². The number of amides is 2. The fraction of sp³-hybridized carbons (Fsp3) is 0.474. The van der Waals surface area contributed by atoms with Crippen LogP contribution in [0.5, 0.6) is 0 Å². The highest BCUT2D eigenvalue weighted by Crippen LogP contribution is 2.26. The van der Waals surface area contributed by atoms with Crippen LogP contribution in [0, 0.1) is 6.92 Å². The van der Waals surface area contributed by atoms with Crippen LogP contribution in [-0.2, 0) is 16.0 Å². The molecule has 0 N–H and O–H groups in total. The van der Waals surface area contributed by atoms with Gasteiger partial charge in [0, 0.05) is 33.0 Å². The minimum Gasteiger partial charge on any atom is -0.341 e. The summed E-state index contributed by atoms with van der Waals surface area (Å²) in [5.41, 5.74) is 1.15. The van der Waals surface area contributed by atoms with E-state index in [-0.39, 0.29) is 17.9 Å². The monoisotopic (exact) mass is 356 g/mol. The molecule has 1 saturated heterocycles. The Hall–Kier alpha value is -2.70. The summed E-state index contributed by atoms with van der Waals surface area (Å²) in [5, 5.41) is 3.83. The lowest BCUT2D eigenvalue weighted by Gasteiger charge is -2.25. The van der Waals surface area contributed by atoms with Gasteiger partial charge >= 0.3 is 0 Å². The van der Waals surface area contributed by atoms with Gasteiger partial charge in [0.05, 0.1) is 0 Å². The van der Waals surface area contributed by atoms with Crippen molar-refractivity contribution in [2.24, 2.45) is 0 Å². The molecule has 0 radical (unpaired) electrons. The van der Waals surface area contributed by atoms with Gasteiger partial charge in [0.25, 0.3) is 0 Å². The molecule has 26 heavy (non-hydrogen) atoms. The van der Waals surface area contributed by atoms with Crippen molar-refractivity contribution in [2.75, 3.05) is 19.6 Å². The van der Waals surface area contributed by atoms with Gasteiger partial charge in [-0.05, 0) is 25.3 Å². The second-order valence-electron chi connectivity index (χ2n) is 6.56. The molecule has 1 aromatic heterocycles. The molecule has 1 unspecified atom stereocenters. The van der Waals surface area contributed by atoms with Crippen molar-refractivity contribution >= 4 is 11.8 Å². The number of nitrogens with zero attached hydrogens (tertiary/aromatic N) is 4. The van der Waals surface area contributed by atoms with Gasteiger partial charge < -0.3 is 14.3 Å². The van der Waals surface area contributed by atoms with Gasteiger partial charge in [0.15, 0.2) is 5.82 Å². The SMILES string of the molecule is CC(=O)N1CCN(C(=O)CCc2ccccc2)CCC1c1nc(C)no1. The average molecular weight is 356 g/mol.